The fourth-order valence-electron chi connectivity index (χ4n) is 2.84. The second kappa shape index (κ2) is 6.59. The molecule has 0 amide bonds. The maximum atomic E-state index is 5.61. The number of benzene rings is 1. The molecule has 1 aliphatic heterocycles. The van der Waals surface area contributed by atoms with Crippen LogP contribution in [-0.2, 0) is 11.3 Å². The van der Waals surface area contributed by atoms with Crippen molar-refractivity contribution in [3.8, 4) is 0 Å². The van der Waals surface area contributed by atoms with E-state index in [1.54, 1.807) is 0 Å². The Morgan fingerprint density at radius 2 is 2.15 bits per heavy atom. The first kappa shape index (κ1) is 15.3. The van der Waals surface area contributed by atoms with Gasteiger partial charge in [0, 0.05) is 18.8 Å². The molecule has 1 fully saturated rings. The molecule has 0 spiro atoms. The molecule has 0 radical (unpaired) electrons. The van der Waals surface area contributed by atoms with E-state index in [0.29, 0.717) is 0 Å². The molecule has 0 unspecified atom stereocenters. The average Bonchev–Trinajstić information content (AvgIpc) is 2.40. The molecular weight excluding hydrogens is 248 g/mol. The lowest BCUT2D eigenvalue weighted by molar-refractivity contribution is 0.0643. The van der Waals surface area contributed by atoms with Crippen molar-refractivity contribution in [1.82, 2.24) is 5.32 Å². The lowest BCUT2D eigenvalue weighted by Crippen LogP contribution is -2.53. The Morgan fingerprint density at radius 3 is 2.80 bits per heavy atom. The summed E-state index contributed by atoms with van der Waals surface area (Å²) in [5, 5.41) is 3.46. The van der Waals surface area contributed by atoms with Gasteiger partial charge < -0.3 is 15.0 Å². The molecule has 112 valence electrons. The van der Waals surface area contributed by atoms with Gasteiger partial charge in [-0.2, -0.15) is 0 Å². The van der Waals surface area contributed by atoms with E-state index in [0.717, 1.165) is 32.8 Å². The molecule has 0 aliphatic carbocycles. The van der Waals surface area contributed by atoms with E-state index in [1.807, 2.05) is 0 Å². The van der Waals surface area contributed by atoms with Crippen molar-refractivity contribution in [2.45, 2.75) is 46.2 Å². The molecule has 1 saturated heterocycles. The Labute approximate surface area is 123 Å². The predicted molar refractivity (Wildman–Crippen MR) is 85.4 cm³/mol. The van der Waals surface area contributed by atoms with Gasteiger partial charge in [-0.1, -0.05) is 19.1 Å². The van der Waals surface area contributed by atoms with Gasteiger partial charge in [0.25, 0.3) is 0 Å². The minimum Gasteiger partial charge on any atom is -0.377 e. The van der Waals surface area contributed by atoms with Gasteiger partial charge in [-0.25, -0.2) is 0 Å². The number of nitrogens with zero attached hydrogens (tertiary/aromatic N) is 1. The topological polar surface area (TPSA) is 24.5 Å². The molecule has 20 heavy (non-hydrogen) atoms. The summed E-state index contributed by atoms with van der Waals surface area (Å²) in [6.07, 6.45) is 1.18. The number of aryl methyl sites for hydroxylation is 1. The van der Waals surface area contributed by atoms with Crippen molar-refractivity contribution in [2.75, 3.05) is 31.2 Å². The van der Waals surface area contributed by atoms with Crippen LogP contribution in [0.2, 0.25) is 0 Å². The fourth-order valence-corrected chi connectivity index (χ4v) is 2.84. The third-order valence-corrected chi connectivity index (χ3v) is 3.95. The van der Waals surface area contributed by atoms with Crippen LogP contribution in [0.4, 0.5) is 5.69 Å². The Morgan fingerprint density at radius 1 is 1.35 bits per heavy atom. The molecule has 2 rings (SSSR count). The van der Waals surface area contributed by atoms with Crippen LogP contribution < -0.4 is 10.2 Å². The Kier molecular flexibility index (Phi) is 5.06. The van der Waals surface area contributed by atoms with E-state index in [9.17, 15) is 0 Å². The van der Waals surface area contributed by atoms with Gasteiger partial charge in [-0.05, 0) is 50.9 Å². The first-order valence-corrected chi connectivity index (χ1v) is 7.70. The molecule has 1 aromatic carbocycles. The SMILES string of the molecule is CCCNCc1ccc(N2CCOCC2(C)C)c(C)c1. The van der Waals surface area contributed by atoms with Crippen LogP contribution in [0.25, 0.3) is 0 Å². The van der Waals surface area contributed by atoms with Gasteiger partial charge in [0.2, 0.25) is 0 Å². The first-order valence-electron chi connectivity index (χ1n) is 7.70. The van der Waals surface area contributed by atoms with Gasteiger partial charge in [0.05, 0.1) is 18.8 Å². The van der Waals surface area contributed by atoms with Crippen molar-refractivity contribution in [1.29, 1.82) is 0 Å². The summed E-state index contributed by atoms with van der Waals surface area (Å²) < 4.78 is 5.61. The van der Waals surface area contributed by atoms with Crippen LogP contribution in [0, 0.1) is 6.92 Å². The normalized spacial score (nSPS) is 18.3. The van der Waals surface area contributed by atoms with Crippen molar-refractivity contribution >= 4 is 5.69 Å². The first-order chi connectivity index (χ1) is 9.54. The van der Waals surface area contributed by atoms with Crippen LogP contribution in [0.1, 0.15) is 38.3 Å². The molecule has 1 aliphatic rings. The fraction of sp³-hybridized carbons (Fsp3) is 0.647. The van der Waals surface area contributed by atoms with Crippen LogP contribution in [0.5, 0.6) is 0 Å². The number of anilines is 1. The minimum absolute atomic E-state index is 0.0744. The van der Waals surface area contributed by atoms with Gasteiger partial charge in [-0.3, -0.25) is 0 Å². The van der Waals surface area contributed by atoms with Crippen molar-refractivity contribution < 1.29 is 4.74 Å². The number of hydrogen-bond donors (Lipinski definition) is 1. The molecule has 0 bridgehead atoms. The molecule has 0 saturated carbocycles. The summed E-state index contributed by atoms with van der Waals surface area (Å²) in [6.45, 7) is 13.5. The molecule has 0 aromatic heterocycles. The number of nitrogens with one attached hydrogen (secondary N) is 1. The van der Waals surface area contributed by atoms with Crippen LogP contribution in [-0.4, -0.2) is 31.8 Å². The van der Waals surface area contributed by atoms with Gasteiger partial charge in [-0.15, -0.1) is 0 Å². The third kappa shape index (κ3) is 3.53. The van der Waals surface area contributed by atoms with Gasteiger partial charge in [0.15, 0.2) is 0 Å². The summed E-state index contributed by atoms with van der Waals surface area (Å²) in [6, 6.07) is 6.82. The quantitative estimate of drug-likeness (QED) is 0.836. The summed E-state index contributed by atoms with van der Waals surface area (Å²) >= 11 is 0. The standard InChI is InChI=1S/C17H28N2O/c1-5-8-18-12-15-6-7-16(14(2)11-15)19-9-10-20-13-17(19,3)4/h6-7,11,18H,5,8-10,12-13H2,1-4H3. The Hall–Kier alpha value is -1.06. The lowest BCUT2D eigenvalue weighted by Gasteiger charge is -2.44. The zero-order valence-electron chi connectivity index (χ0n) is 13.3. The summed E-state index contributed by atoms with van der Waals surface area (Å²) in [5.74, 6) is 0. The van der Waals surface area contributed by atoms with Crippen molar-refractivity contribution in [3.63, 3.8) is 0 Å². The molecule has 3 heteroatoms. The van der Waals surface area contributed by atoms with E-state index < -0.39 is 0 Å². The smallest absolute Gasteiger partial charge is 0.0694 e. The van der Waals surface area contributed by atoms with E-state index in [4.69, 9.17) is 4.74 Å². The number of hydrogen-bond acceptors (Lipinski definition) is 3. The molecule has 1 N–H and O–H groups in total. The lowest BCUT2D eigenvalue weighted by atomic mass is 9.99. The largest absolute Gasteiger partial charge is 0.377 e. The van der Waals surface area contributed by atoms with Crippen molar-refractivity contribution in [3.05, 3.63) is 29.3 Å². The molecule has 1 aromatic rings. The highest BCUT2D eigenvalue weighted by Crippen LogP contribution is 2.30. The zero-order chi connectivity index (χ0) is 14.6. The molecule has 3 nitrogen and oxygen atoms in total. The highest BCUT2D eigenvalue weighted by Gasteiger charge is 2.31. The van der Waals surface area contributed by atoms with E-state index in [2.05, 4.69) is 56.1 Å². The highest BCUT2D eigenvalue weighted by atomic mass is 16.5. The number of rotatable bonds is 5. The maximum Gasteiger partial charge on any atom is 0.0694 e. The predicted octanol–water partition coefficient (Wildman–Crippen LogP) is 3.11. The van der Waals surface area contributed by atoms with Crippen molar-refractivity contribution in [2.24, 2.45) is 0 Å². The highest BCUT2D eigenvalue weighted by molar-refractivity contribution is 5.56. The second-order valence-corrected chi connectivity index (χ2v) is 6.31. The van der Waals surface area contributed by atoms with Crippen LogP contribution >= 0.6 is 0 Å². The summed E-state index contributed by atoms with van der Waals surface area (Å²) in [7, 11) is 0. The number of ether oxygens (including phenoxy) is 1. The molecule has 1 heterocycles. The monoisotopic (exact) mass is 276 g/mol. The number of morpholine rings is 1. The van der Waals surface area contributed by atoms with E-state index in [-0.39, 0.29) is 5.54 Å². The average molecular weight is 276 g/mol. The minimum atomic E-state index is 0.0744. The second-order valence-electron chi connectivity index (χ2n) is 6.31. The van der Waals surface area contributed by atoms with E-state index >= 15 is 0 Å². The Bertz CT molecular complexity index is 443. The van der Waals surface area contributed by atoms with Crippen LogP contribution in [0.3, 0.4) is 0 Å². The molecular formula is C17H28N2O. The summed E-state index contributed by atoms with van der Waals surface area (Å²) in [5.41, 5.74) is 4.14. The zero-order valence-corrected chi connectivity index (χ0v) is 13.3. The van der Waals surface area contributed by atoms with Crippen LogP contribution in [0.15, 0.2) is 18.2 Å². The maximum absolute atomic E-state index is 5.61. The third-order valence-electron chi connectivity index (χ3n) is 3.95. The Balaban J connectivity index is 2.12. The molecule has 0 atom stereocenters. The van der Waals surface area contributed by atoms with Gasteiger partial charge >= 0.3 is 0 Å². The summed E-state index contributed by atoms with van der Waals surface area (Å²) in [4.78, 5) is 2.48. The van der Waals surface area contributed by atoms with Gasteiger partial charge in [0.1, 0.15) is 0 Å². The van der Waals surface area contributed by atoms with E-state index in [1.165, 1.54) is 23.2 Å².